The molecule has 26 heavy (non-hydrogen) atoms. The predicted octanol–water partition coefficient (Wildman–Crippen LogP) is 3.79. The van der Waals surface area contributed by atoms with E-state index in [1.165, 1.54) is 0 Å². The molecule has 0 spiro atoms. The van der Waals surface area contributed by atoms with Gasteiger partial charge in [-0.1, -0.05) is 24.3 Å². The zero-order valence-electron chi connectivity index (χ0n) is 14.4. The number of esters is 1. The smallest absolute Gasteiger partial charge is 0.334 e. The van der Waals surface area contributed by atoms with E-state index in [1.807, 2.05) is 12.1 Å². The second-order valence-corrected chi connectivity index (χ2v) is 6.76. The Morgan fingerprint density at radius 3 is 1.88 bits per heavy atom. The molecule has 0 aromatic heterocycles. The summed E-state index contributed by atoms with van der Waals surface area (Å²) in [5, 5.41) is 29.2. The van der Waals surface area contributed by atoms with E-state index in [9.17, 15) is 20.1 Å². The number of rotatable bonds is 6. The van der Waals surface area contributed by atoms with Crippen LogP contribution in [0.3, 0.4) is 0 Å². The van der Waals surface area contributed by atoms with Crippen LogP contribution in [0, 0.1) is 0 Å². The molecule has 0 fully saturated rings. The van der Waals surface area contributed by atoms with Crippen LogP contribution >= 0.6 is 0 Å². The summed E-state index contributed by atoms with van der Waals surface area (Å²) in [6.07, 6.45) is 3.64. The van der Waals surface area contributed by atoms with Crippen LogP contribution in [-0.2, 0) is 22.4 Å². The number of aliphatic hydroxyl groups is 1. The van der Waals surface area contributed by atoms with Gasteiger partial charge in [0.1, 0.15) is 22.9 Å². The summed E-state index contributed by atoms with van der Waals surface area (Å²) in [6.45, 7) is 0. The Hall–Kier alpha value is -2.95. The number of aromatic hydroxyl groups is 2. The lowest BCUT2D eigenvalue weighted by atomic mass is 9.84. The lowest BCUT2D eigenvalue weighted by molar-refractivity contribution is -0.158. The maximum Gasteiger partial charge on any atom is 0.334 e. The average Bonchev–Trinajstić information content (AvgIpc) is 2.58. The molecule has 5 heteroatoms. The molecular weight excluding hydrogens is 332 g/mol. The fraction of sp³-hybridized carbons (Fsp3) is 0.286. The minimum Gasteiger partial charge on any atom is -0.512 e. The van der Waals surface area contributed by atoms with Crippen LogP contribution in [0.25, 0.3) is 0 Å². The van der Waals surface area contributed by atoms with Crippen LogP contribution in [-0.4, -0.2) is 26.9 Å². The van der Waals surface area contributed by atoms with Crippen LogP contribution in [0.2, 0.25) is 0 Å². The van der Waals surface area contributed by atoms with Crippen molar-refractivity contribution in [3.63, 3.8) is 0 Å². The molecule has 0 saturated heterocycles. The summed E-state index contributed by atoms with van der Waals surface area (Å²) in [5.41, 5.74) is 1.06. The van der Waals surface area contributed by atoms with E-state index >= 15 is 0 Å². The van der Waals surface area contributed by atoms with E-state index in [0.29, 0.717) is 25.7 Å². The predicted molar refractivity (Wildman–Crippen MR) is 97.0 cm³/mol. The van der Waals surface area contributed by atoms with Gasteiger partial charge < -0.3 is 20.1 Å². The molecule has 136 valence electrons. The third-order valence-electron chi connectivity index (χ3n) is 4.66. The van der Waals surface area contributed by atoms with E-state index < -0.39 is 11.6 Å². The third kappa shape index (κ3) is 4.57. The Labute approximate surface area is 152 Å². The Morgan fingerprint density at radius 2 is 1.42 bits per heavy atom. The van der Waals surface area contributed by atoms with Crippen molar-refractivity contribution in [3.05, 3.63) is 71.5 Å². The number of carbonyl (C=O) groups excluding carboxylic acids is 1. The number of hydrogen-bond donors (Lipinski definition) is 3. The Balaban J connectivity index is 1.76. The summed E-state index contributed by atoms with van der Waals surface area (Å²) in [4.78, 5) is 11.9. The van der Waals surface area contributed by atoms with Gasteiger partial charge >= 0.3 is 5.97 Å². The SMILES string of the molecule is O=C1C=C(O)CC(CCc2cccc(O)c2)(CCc2cccc(O)c2)O1. The lowest BCUT2D eigenvalue weighted by Crippen LogP contribution is -2.39. The first-order valence-corrected chi connectivity index (χ1v) is 8.62. The molecule has 5 nitrogen and oxygen atoms in total. The van der Waals surface area contributed by atoms with Gasteiger partial charge in [-0.15, -0.1) is 0 Å². The first-order valence-electron chi connectivity index (χ1n) is 8.62. The highest BCUT2D eigenvalue weighted by molar-refractivity contribution is 5.83. The van der Waals surface area contributed by atoms with Crippen molar-refractivity contribution in [1.29, 1.82) is 0 Å². The maximum atomic E-state index is 11.9. The largest absolute Gasteiger partial charge is 0.512 e. The molecule has 0 unspecified atom stereocenters. The number of carbonyl (C=O) groups is 1. The van der Waals surface area contributed by atoms with Crippen LogP contribution in [0.5, 0.6) is 11.5 Å². The molecule has 2 aromatic rings. The number of aryl methyl sites for hydroxylation is 2. The summed E-state index contributed by atoms with van der Waals surface area (Å²) in [6, 6.07) is 13.9. The summed E-state index contributed by atoms with van der Waals surface area (Å²) >= 11 is 0. The molecule has 3 rings (SSSR count). The minimum absolute atomic E-state index is 0.0214. The minimum atomic E-state index is -0.813. The van der Waals surface area contributed by atoms with Crippen molar-refractivity contribution in [2.45, 2.75) is 37.7 Å². The van der Waals surface area contributed by atoms with Gasteiger partial charge in [0.15, 0.2) is 0 Å². The third-order valence-corrected chi connectivity index (χ3v) is 4.66. The van der Waals surface area contributed by atoms with Crippen LogP contribution in [0.15, 0.2) is 60.4 Å². The Bertz CT molecular complexity index is 775. The van der Waals surface area contributed by atoms with Crippen molar-refractivity contribution < 1.29 is 24.9 Å². The highest BCUT2D eigenvalue weighted by atomic mass is 16.6. The molecule has 0 atom stereocenters. The molecule has 2 aromatic carbocycles. The molecule has 0 amide bonds. The molecule has 0 radical (unpaired) electrons. The van der Waals surface area contributed by atoms with Gasteiger partial charge in [0.2, 0.25) is 0 Å². The Morgan fingerprint density at radius 1 is 0.885 bits per heavy atom. The normalized spacial score (nSPS) is 16.0. The molecule has 0 saturated carbocycles. The molecule has 0 bridgehead atoms. The fourth-order valence-corrected chi connectivity index (χ4v) is 3.37. The highest BCUT2D eigenvalue weighted by Gasteiger charge is 2.37. The molecular formula is C21H22O5. The second kappa shape index (κ2) is 7.52. The van der Waals surface area contributed by atoms with Crippen LogP contribution in [0.4, 0.5) is 0 Å². The van der Waals surface area contributed by atoms with E-state index in [2.05, 4.69) is 0 Å². The summed E-state index contributed by atoms with van der Waals surface area (Å²) in [5.74, 6) is -0.131. The molecule has 1 aliphatic heterocycles. The van der Waals surface area contributed by atoms with Gasteiger partial charge in [-0.2, -0.15) is 0 Å². The number of cyclic esters (lactones) is 1. The number of phenolic OH excluding ortho intramolecular Hbond substituents is 2. The first-order chi connectivity index (χ1) is 12.4. The van der Waals surface area contributed by atoms with E-state index in [4.69, 9.17) is 4.74 Å². The Kier molecular flexibility index (Phi) is 5.16. The van der Waals surface area contributed by atoms with Crippen molar-refractivity contribution in [2.24, 2.45) is 0 Å². The zero-order chi connectivity index (χ0) is 18.6. The van der Waals surface area contributed by atoms with Crippen molar-refractivity contribution in [2.75, 3.05) is 0 Å². The number of ether oxygens (including phenoxy) is 1. The molecule has 1 aliphatic rings. The summed E-state index contributed by atoms with van der Waals surface area (Å²) < 4.78 is 5.65. The monoisotopic (exact) mass is 354 g/mol. The van der Waals surface area contributed by atoms with E-state index in [0.717, 1.165) is 17.2 Å². The van der Waals surface area contributed by atoms with Crippen LogP contribution in [0.1, 0.15) is 30.4 Å². The number of aliphatic hydroxyl groups excluding tert-OH is 1. The first kappa shape index (κ1) is 17.9. The highest BCUT2D eigenvalue weighted by Crippen LogP contribution is 2.35. The molecule has 0 aliphatic carbocycles. The second-order valence-electron chi connectivity index (χ2n) is 6.76. The van der Waals surface area contributed by atoms with Gasteiger partial charge in [0.25, 0.3) is 0 Å². The number of benzene rings is 2. The molecule has 1 heterocycles. The van der Waals surface area contributed by atoms with E-state index in [1.54, 1.807) is 36.4 Å². The topological polar surface area (TPSA) is 87.0 Å². The standard InChI is InChI=1S/C21H22O5/c22-17-5-1-3-15(11-17)7-9-21(14-19(24)13-20(25)26-21)10-8-16-4-2-6-18(23)12-16/h1-6,11-13,22-24H,7-10,14H2. The van der Waals surface area contributed by atoms with Crippen LogP contribution < -0.4 is 0 Å². The van der Waals surface area contributed by atoms with Gasteiger partial charge in [0, 0.05) is 6.42 Å². The van der Waals surface area contributed by atoms with Crippen molar-refractivity contribution in [1.82, 2.24) is 0 Å². The average molecular weight is 354 g/mol. The zero-order valence-corrected chi connectivity index (χ0v) is 14.4. The van der Waals surface area contributed by atoms with Crippen molar-refractivity contribution in [3.8, 4) is 11.5 Å². The lowest BCUT2D eigenvalue weighted by Gasteiger charge is -2.35. The molecule has 3 N–H and O–H groups in total. The summed E-state index contributed by atoms with van der Waals surface area (Å²) in [7, 11) is 0. The maximum absolute atomic E-state index is 11.9. The van der Waals surface area contributed by atoms with Gasteiger partial charge in [-0.05, 0) is 61.1 Å². The fourth-order valence-electron chi connectivity index (χ4n) is 3.37. The van der Waals surface area contributed by atoms with Gasteiger partial charge in [-0.3, -0.25) is 0 Å². The number of phenols is 2. The van der Waals surface area contributed by atoms with Gasteiger partial charge in [-0.25, -0.2) is 4.79 Å². The van der Waals surface area contributed by atoms with Crippen molar-refractivity contribution >= 4 is 5.97 Å². The number of hydrogen-bond acceptors (Lipinski definition) is 5. The van der Waals surface area contributed by atoms with E-state index in [-0.39, 0.29) is 23.7 Å². The van der Waals surface area contributed by atoms with Gasteiger partial charge in [0.05, 0.1) is 6.08 Å². The quantitative estimate of drug-likeness (QED) is 0.687.